The SMILES string of the molecule is COC(=O)C(N)(C(=O)OC)[C@H](c1ccccc1Cl)c1c[nH]c2ccccc12. The number of aromatic amines is 1. The first kappa shape index (κ1) is 18.9. The van der Waals surface area contributed by atoms with Gasteiger partial charge >= 0.3 is 11.9 Å². The molecule has 0 fully saturated rings. The maximum atomic E-state index is 12.7. The molecule has 27 heavy (non-hydrogen) atoms. The molecule has 0 aliphatic rings. The van der Waals surface area contributed by atoms with Crippen molar-refractivity contribution >= 4 is 34.4 Å². The first-order valence-corrected chi connectivity index (χ1v) is 8.59. The van der Waals surface area contributed by atoms with Gasteiger partial charge in [-0.25, -0.2) is 9.59 Å². The van der Waals surface area contributed by atoms with Crippen molar-refractivity contribution in [3.05, 3.63) is 70.9 Å². The van der Waals surface area contributed by atoms with Gasteiger partial charge in [-0.2, -0.15) is 0 Å². The molecular weight excluding hydrogens is 368 g/mol. The van der Waals surface area contributed by atoms with Crippen LogP contribution >= 0.6 is 11.6 Å². The number of carbonyl (C=O) groups is 2. The fourth-order valence-corrected chi connectivity index (χ4v) is 3.60. The van der Waals surface area contributed by atoms with Gasteiger partial charge in [0.25, 0.3) is 0 Å². The summed E-state index contributed by atoms with van der Waals surface area (Å²) in [4.78, 5) is 28.5. The molecule has 0 saturated carbocycles. The van der Waals surface area contributed by atoms with Gasteiger partial charge in [0.15, 0.2) is 0 Å². The van der Waals surface area contributed by atoms with Crippen molar-refractivity contribution in [1.82, 2.24) is 4.98 Å². The maximum Gasteiger partial charge on any atom is 0.338 e. The second-order valence-corrected chi connectivity index (χ2v) is 6.50. The van der Waals surface area contributed by atoms with Crippen LogP contribution in [0.1, 0.15) is 17.0 Å². The zero-order chi connectivity index (χ0) is 19.6. The third-order valence-electron chi connectivity index (χ3n) is 4.65. The molecule has 3 aromatic rings. The molecular formula is C20H19ClN2O4. The summed E-state index contributed by atoms with van der Waals surface area (Å²) in [6.07, 6.45) is 1.71. The molecule has 0 radical (unpaired) electrons. The number of halogens is 1. The van der Waals surface area contributed by atoms with Crippen molar-refractivity contribution < 1.29 is 19.1 Å². The van der Waals surface area contributed by atoms with Crippen molar-refractivity contribution in [2.24, 2.45) is 5.73 Å². The van der Waals surface area contributed by atoms with Crippen molar-refractivity contribution in [2.45, 2.75) is 11.5 Å². The highest BCUT2D eigenvalue weighted by molar-refractivity contribution is 6.31. The smallest absolute Gasteiger partial charge is 0.338 e. The number of fused-ring (bicyclic) bond motifs is 1. The van der Waals surface area contributed by atoms with Gasteiger partial charge in [0, 0.05) is 22.1 Å². The quantitative estimate of drug-likeness (QED) is 0.519. The number of hydrogen-bond donors (Lipinski definition) is 2. The molecule has 6 nitrogen and oxygen atoms in total. The Balaban J connectivity index is 2.36. The first-order valence-electron chi connectivity index (χ1n) is 8.21. The lowest BCUT2D eigenvalue weighted by Gasteiger charge is -2.33. The van der Waals surface area contributed by atoms with Crippen LogP contribution in [0.3, 0.4) is 0 Å². The minimum Gasteiger partial charge on any atom is -0.467 e. The van der Waals surface area contributed by atoms with Crippen LogP contribution in [-0.4, -0.2) is 36.7 Å². The monoisotopic (exact) mass is 386 g/mol. The standard InChI is InChI=1S/C20H19ClN2O4/c1-26-18(24)20(22,19(25)27-2)17(13-8-3-5-9-15(13)21)14-11-23-16-10-6-4-7-12(14)16/h3-11,17,23H,22H2,1-2H3/t17-/m1/s1. The Morgan fingerprint density at radius 3 is 2.22 bits per heavy atom. The highest BCUT2D eigenvalue weighted by Crippen LogP contribution is 2.41. The van der Waals surface area contributed by atoms with Crippen molar-refractivity contribution in [1.29, 1.82) is 0 Å². The second-order valence-electron chi connectivity index (χ2n) is 6.10. The average molecular weight is 387 g/mol. The molecule has 3 rings (SSSR count). The first-order chi connectivity index (χ1) is 12.9. The molecule has 0 aliphatic heterocycles. The van der Waals surface area contributed by atoms with Gasteiger partial charge in [0.05, 0.1) is 20.1 Å². The number of aromatic nitrogens is 1. The second kappa shape index (κ2) is 7.42. The van der Waals surface area contributed by atoms with Crippen molar-refractivity contribution in [3.8, 4) is 0 Å². The molecule has 0 unspecified atom stereocenters. The van der Waals surface area contributed by atoms with Gasteiger partial charge in [0.1, 0.15) is 0 Å². The molecule has 1 atom stereocenters. The maximum absolute atomic E-state index is 12.7. The molecule has 1 aromatic heterocycles. The number of rotatable bonds is 5. The summed E-state index contributed by atoms with van der Waals surface area (Å²) >= 11 is 6.42. The Hall–Kier alpha value is -2.83. The molecule has 0 aliphatic carbocycles. The summed E-state index contributed by atoms with van der Waals surface area (Å²) in [7, 11) is 2.34. The molecule has 0 spiro atoms. The van der Waals surface area contributed by atoms with Crippen LogP contribution in [0.2, 0.25) is 5.02 Å². The number of esters is 2. The summed E-state index contributed by atoms with van der Waals surface area (Å²) in [5.74, 6) is -2.75. The topological polar surface area (TPSA) is 94.4 Å². The predicted molar refractivity (Wildman–Crippen MR) is 103 cm³/mol. The van der Waals surface area contributed by atoms with E-state index in [1.54, 1.807) is 30.5 Å². The summed E-state index contributed by atoms with van der Waals surface area (Å²) in [5.41, 5.74) is 6.27. The number of H-pyrrole nitrogens is 1. The van der Waals surface area contributed by atoms with Crippen molar-refractivity contribution in [2.75, 3.05) is 14.2 Å². The van der Waals surface area contributed by atoms with E-state index in [2.05, 4.69) is 4.98 Å². The highest BCUT2D eigenvalue weighted by atomic mass is 35.5. The zero-order valence-corrected chi connectivity index (χ0v) is 15.6. The summed E-state index contributed by atoms with van der Waals surface area (Å²) in [6.45, 7) is 0. The number of para-hydroxylation sites is 1. The molecule has 0 bridgehead atoms. The van der Waals surface area contributed by atoms with Gasteiger partial charge in [-0.15, -0.1) is 0 Å². The number of carbonyl (C=O) groups excluding carboxylic acids is 2. The molecule has 1 heterocycles. The fraction of sp³-hybridized carbons (Fsp3) is 0.200. The summed E-state index contributed by atoms with van der Waals surface area (Å²) in [6, 6.07) is 14.4. The van der Waals surface area contributed by atoms with E-state index in [9.17, 15) is 9.59 Å². The van der Waals surface area contributed by atoms with E-state index in [-0.39, 0.29) is 0 Å². The number of hydrogen-bond acceptors (Lipinski definition) is 5. The van der Waals surface area contributed by atoms with E-state index in [4.69, 9.17) is 26.8 Å². The third kappa shape index (κ3) is 3.07. The minimum atomic E-state index is -2.13. The van der Waals surface area contributed by atoms with Crippen LogP contribution < -0.4 is 5.73 Å². The van der Waals surface area contributed by atoms with Gasteiger partial charge in [-0.1, -0.05) is 48.0 Å². The summed E-state index contributed by atoms with van der Waals surface area (Å²) in [5, 5.41) is 1.18. The van der Waals surface area contributed by atoms with Crippen molar-refractivity contribution in [3.63, 3.8) is 0 Å². The van der Waals surface area contributed by atoms with Gasteiger partial charge in [0.2, 0.25) is 5.54 Å². The highest BCUT2D eigenvalue weighted by Gasteiger charge is 2.53. The number of benzene rings is 2. The van der Waals surface area contributed by atoms with Crippen LogP contribution in [0.4, 0.5) is 0 Å². The lowest BCUT2D eigenvalue weighted by atomic mass is 9.75. The predicted octanol–water partition coefficient (Wildman–Crippen LogP) is 3.00. The molecule has 0 saturated heterocycles. The molecule has 7 heteroatoms. The molecule has 140 valence electrons. The molecule has 3 N–H and O–H groups in total. The van der Waals surface area contributed by atoms with E-state index in [1.165, 1.54) is 14.2 Å². The van der Waals surface area contributed by atoms with Crippen LogP contribution in [-0.2, 0) is 19.1 Å². The number of nitrogens with two attached hydrogens (primary N) is 1. The largest absolute Gasteiger partial charge is 0.467 e. The fourth-order valence-electron chi connectivity index (χ4n) is 3.36. The van der Waals surface area contributed by atoms with Crippen LogP contribution in [0.5, 0.6) is 0 Å². The van der Waals surface area contributed by atoms with E-state index in [1.807, 2.05) is 24.3 Å². The van der Waals surface area contributed by atoms with E-state index in [0.29, 0.717) is 16.1 Å². The Morgan fingerprint density at radius 2 is 1.59 bits per heavy atom. The zero-order valence-electron chi connectivity index (χ0n) is 14.9. The Labute approximate surface area is 161 Å². The summed E-state index contributed by atoms with van der Waals surface area (Å²) < 4.78 is 9.75. The normalized spacial score (nSPS) is 12.6. The molecule has 2 aromatic carbocycles. The number of ether oxygens (including phenoxy) is 2. The molecule has 0 amide bonds. The van der Waals surface area contributed by atoms with Crippen LogP contribution in [0.15, 0.2) is 54.7 Å². The Bertz CT molecular complexity index is 982. The number of nitrogens with one attached hydrogen (secondary N) is 1. The number of methoxy groups -OCH3 is 2. The van der Waals surface area contributed by atoms with E-state index < -0.39 is 23.4 Å². The van der Waals surface area contributed by atoms with Gasteiger partial charge < -0.3 is 20.2 Å². The lowest BCUT2D eigenvalue weighted by Crippen LogP contribution is -2.60. The average Bonchev–Trinajstić information content (AvgIpc) is 3.12. The van der Waals surface area contributed by atoms with E-state index >= 15 is 0 Å². The van der Waals surface area contributed by atoms with Crippen LogP contribution in [0.25, 0.3) is 10.9 Å². The van der Waals surface area contributed by atoms with Crippen LogP contribution in [0, 0.1) is 0 Å². The van der Waals surface area contributed by atoms with Gasteiger partial charge in [-0.05, 0) is 23.3 Å². The third-order valence-corrected chi connectivity index (χ3v) is 4.99. The van der Waals surface area contributed by atoms with Gasteiger partial charge in [-0.3, -0.25) is 0 Å². The Kier molecular flexibility index (Phi) is 5.21. The van der Waals surface area contributed by atoms with E-state index in [0.717, 1.165) is 10.9 Å². The minimum absolute atomic E-state index is 0.371. The Morgan fingerprint density at radius 1 is 1.00 bits per heavy atom. The lowest BCUT2D eigenvalue weighted by molar-refractivity contribution is -0.162.